The van der Waals surface area contributed by atoms with Gasteiger partial charge in [-0.05, 0) is 55.2 Å². The Morgan fingerprint density at radius 1 is 1.25 bits per heavy atom. The van der Waals surface area contributed by atoms with E-state index < -0.39 is 7.12 Å². The Morgan fingerprint density at radius 2 is 1.75 bits per heavy atom. The van der Waals surface area contributed by atoms with Crippen molar-refractivity contribution in [2.75, 3.05) is 6.54 Å². The average Bonchev–Trinajstić information content (AvgIpc) is 2.57. The Hall–Kier alpha value is -0.755. The number of nitrogens with zero attached hydrogens (tertiary/aromatic N) is 2. The van der Waals surface area contributed by atoms with Gasteiger partial charge in [0, 0.05) is 18.9 Å². The number of halogens is 1. The summed E-state index contributed by atoms with van der Waals surface area (Å²) >= 11 is 3.31. The molecule has 0 radical (unpaired) electrons. The lowest BCUT2D eigenvalue weighted by atomic mass is 9.78. The summed E-state index contributed by atoms with van der Waals surface area (Å²) in [5.41, 5.74) is 5.87. The third-order valence-electron chi connectivity index (χ3n) is 3.75. The van der Waals surface area contributed by atoms with Crippen molar-refractivity contribution >= 4 is 29.1 Å². The molecule has 2 rings (SSSR count). The normalized spacial score (nSPS) is 21.3. The van der Waals surface area contributed by atoms with Gasteiger partial charge in [-0.2, -0.15) is 0 Å². The zero-order chi connectivity index (χ0) is 15.0. The highest BCUT2D eigenvalue weighted by Crippen LogP contribution is 2.38. The third kappa shape index (κ3) is 3.11. The summed E-state index contributed by atoms with van der Waals surface area (Å²) in [7, 11) is -0.461. The van der Waals surface area contributed by atoms with E-state index in [0.717, 1.165) is 9.95 Å². The lowest BCUT2D eigenvalue weighted by Crippen LogP contribution is -2.41. The summed E-state index contributed by atoms with van der Waals surface area (Å²) in [6, 6.07) is 0. The van der Waals surface area contributed by atoms with Crippen molar-refractivity contribution in [2.24, 2.45) is 5.73 Å². The summed E-state index contributed by atoms with van der Waals surface area (Å²) in [6.45, 7) is 8.37. The molecule has 0 bridgehead atoms. The van der Waals surface area contributed by atoms with Gasteiger partial charge in [-0.25, -0.2) is 9.97 Å². The third-order valence-corrected chi connectivity index (χ3v) is 4.16. The molecule has 0 saturated carbocycles. The molecule has 0 aromatic carbocycles. The SMILES string of the molecule is CC1(C)OB(C(=Cc2ncc(Br)cn2)CN)OC1(C)C. The van der Waals surface area contributed by atoms with E-state index in [1.54, 1.807) is 12.4 Å². The molecule has 1 aromatic heterocycles. The monoisotopic (exact) mass is 339 g/mol. The van der Waals surface area contributed by atoms with E-state index in [9.17, 15) is 0 Å². The van der Waals surface area contributed by atoms with Gasteiger partial charge in [0.05, 0.1) is 15.7 Å². The molecule has 1 aliphatic heterocycles. The fourth-order valence-corrected chi connectivity index (χ4v) is 1.99. The highest BCUT2D eigenvalue weighted by Gasteiger charge is 2.52. The van der Waals surface area contributed by atoms with Crippen molar-refractivity contribution in [1.82, 2.24) is 9.97 Å². The molecule has 7 heteroatoms. The molecular formula is C13H19BBrN3O2. The number of aromatic nitrogens is 2. The molecule has 0 spiro atoms. The second-order valence-electron chi connectivity index (χ2n) is 5.77. The molecule has 1 aromatic rings. The van der Waals surface area contributed by atoms with E-state index in [1.807, 2.05) is 33.8 Å². The van der Waals surface area contributed by atoms with E-state index in [1.165, 1.54) is 0 Å². The van der Waals surface area contributed by atoms with Crippen LogP contribution in [-0.4, -0.2) is 34.8 Å². The van der Waals surface area contributed by atoms with Gasteiger partial charge in [0.2, 0.25) is 0 Å². The van der Waals surface area contributed by atoms with Gasteiger partial charge < -0.3 is 15.0 Å². The van der Waals surface area contributed by atoms with Crippen LogP contribution in [-0.2, 0) is 9.31 Å². The summed E-state index contributed by atoms with van der Waals surface area (Å²) < 4.78 is 12.8. The minimum atomic E-state index is -0.461. The van der Waals surface area contributed by atoms with E-state index in [-0.39, 0.29) is 11.2 Å². The van der Waals surface area contributed by atoms with Crippen molar-refractivity contribution in [3.8, 4) is 0 Å². The maximum absolute atomic E-state index is 5.98. The first-order chi connectivity index (χ1) is 9.25. The molecular weight excluding hydrogens is 321 g/mol. The summed E-state index contributed by atoms with van der Waals surface area (Å²) in [5, 5.41) is 0. The summed E-state index contributed by atoms with van der Waals surface area (Å²) in [4.78, 5) is 8.42. The molecule has 1 fully saturated rings. The maximum Gasteiger partial charge on any atom is 0.491 e. The maximum atomic E-state index is 5.98. The second-order valence-corrected chi connectivity index (χ2v) is 6.69. The zero-order valence-corrected chi connectivity index (χ0v) is 13.8. The van der Waals surface area contributed by atoms with Crippen LogP contribution in [0.3, 0.4) is 0 Å². The fourth-order valence-electron chi connectivity index (χ4n) is 1.78. The van der Waals surface area contributed by atoms with Crippen LogP contribution >= 0.6 is 15.9 Å². The summed E-state index contributed by atoms with van der Waals surface area (Å²) in [5.74, 6) is 0.586. The molecule has 2 N–H and O–H groups in total. The number of nitrogens with two attached hydrogens (primary N) is 1. The summed E-state index contributed by atoms with van der Waals surface area (Å²) in [6.07, 6.45) is 5.20. The van der Waals surface area contributed by atoms with Crippen LogP contribution in [0.15, 0.2) is 22.3 Å². The quantitative estimate of drug-likeness (QED) is 0.855. The molecule has 5 nitrogen and oxygen atoms in total. The van der Waals surface area contributed by atoms with Gasteiger partial charge >= 0.3 is 7.12 Å². The predicted molar refractivity (Wildman–Crippen MR) is 82.8 cm³/mol. The van der Waals surface area contributed by atoms with Gasteiger partial charge in [0.1, 0.15) is 0 Å². The Morgan fingerprint density at radius 3 is 2.20 bits per heavy atom. The first-order valence-corrected chi connectivity index (χ1v) is 7.28. The number of hydrogen-bond acceptors (Lipinski definition) is 5. The molecule has 0 atom stereocenters. The molecule has 0 amide bonds. The Labute approximate surface area is 128 Å². The molecule has 1 saturated heterocycles. The number of hydrogen-bond donors (Lipinski definition) is 1. The number of rotatable bonds is 3. The van der Waals surface area contributed by atoms with Crippen molar-refractivity contribution in [1.29, 1.82) is 0 Å². The fraction of sp³-hybridized carbons (Fsp3) is 0.538. The standard InChI is InChI=1S/C13H19BBrN3O2/c1-12(2)13(3,4)20-14(19-12)9(6-16)5-11-17-7-10(15)8-18-11/h5,7-8H,6,16H2,1-4H3. The second kappa shape index (κ2) is 5.56. The van der Waals surface area contributed by atoms with E-state index >= 15 is 0 Å². The van der Waals surface area contributed by atoms with Crippen LogP contribution in [0.4, 0.5) is 0 Å². The minimum Gasteiger partial charge on any atom is -0.400 e. The van der Waals surface area contributed by atoms with Crippen LogP contribution < -0.4 is 5.73 Å². The smallest absolute Gasteiger partial charge is 0.400 e. The molecule has 0 unspecified atom stereocenters. The van der Waals surface area contributed by atoms with E-state index in [0.29, 0.717) is 12.4 Å². The molecule has 108 valence electrons. The molecule has 2 heterocycles. The zero-order valence-electron chi connectivity index (χ0n) is 12.2. The lowest BCUT2D eigenvalue weighted by Gasteiger charge is -2.32. The van der Waals surface area contributed by atoms with Gasteiger partial charge in [-0.1, -0.05) is 0 Å². The van der Waals surface area contributed by atoms with Crippen molar-refractivity contribution in [2.45, 2.75) is 38.9 Å². The first-order valence-electron chi connectivity index (χ1n) is 6.49. The first kappa shape index (κ1) is 15.6. The largest absolute Gasteiger partial charge is 0.491 e. The predicted octanol–water partition coefficient (Wildman–Crippen LogP) is 2.21. The van der Waals surface area contributed by atoms with Gasteiger partial charge in [-0.3, -0.25) is 0 Å². The van der Waals surface area contributed by atoms with Crippen molar-refractivity contribution in [3.05, 3.63) is 28.2 Å². The van der Waals surface area contributed by atoms with Crippen LogP contribution in [0.5, 0.6) is 0 Å². The molecule has 0 aliphatic carbocycles. The highest BCUT2D eigenvalue weighted by atomic mass is 79.9. The lowest BCUT2D eigenvalue weighted by molar-refractivity contribution is 0.00578. The Bertz CT molecular complexity index is 501. The minimum absolute atomic E-state index is 0.330. The van der Waals surface area contributed by atoms with Gasteiger partial charge in [-0.15, -0.1) is 0 Å². The Balaban J connectivity index is 2.24. The van der Waals surface area contributed by atoms with E-state index in [4.69, 9.17) is 15.0 Å². The van der Waals surface area contributed by atoms with Gasteiger partial charge in [0.15, 0.2) is 5.82 Å². The molecule has 20 heavy (non-hydrogen) atoms. The van der Waals surface area contributed by atoms with Crippen molar-refractivity contribution in [3.63, 3.8) is 0 Å². The van der Waals surface area contributed by atoms with E-state index in [2.05, 4.69) is 25.9 Å². The topological polar surface area (TPSA) is 70.3 Å². The average molecular weight is 340 g/mol. The van der Waals surface area contributed by atoms with Crippen LogP contribution in [0.1, 0.15) is 33.5 Å². The van der Waals surface area contributed by atoms with Crippen LogP contribution in [0, 0.1) is 0 Å². The van der Waals surface area contributed by atoms with Gasteiger partial charge in [0.25, 0.3) is 0 Å². The molecule has 1 aliphatic rings. The van der Waals surface area contributed by atoms with Crippen LogP contribution in [0.2, 0.25) is 0 Å². The van der Waals surface area contributed by atoms with Crippen LogP contribution in [0.25, 0.3) is 6.08 Å². The van der Waals surface area contributed by atoms with Crippen molar-refractivity contribution < 1.29 is 9.31 Å². The Kier molecular flexibility index (Phi) is 4.34. The highest BCUT2D eigenvalue weighted by molar-refractivity contribution is 9.10.